The van der Waals surface area contributed by atoms with E-state index >= 15 is 0 Å². The van der Waals surface area contributed by atoms with Gasteiger partial charge in [0.25, 0.3) is 0 Å². The van der Waals surface area contributed by atoms with Crippen LogP contribution in [0.4, 0.5) is 5.82 Å². The summed E-state index contributed by atoms with van der Waals surface area (Å²) in [6.45, 7) is 5.71. The second-order valence-electron chi connectivity index (χ2n) is 7.17. The normalized spacial score (nSPS) is 16.3. The monoisotopic (exact) mass is 379 g/mol. The number of carbonyl (C=O) groups excluding carboxylic acids is 1. The van der Waals surface area contributed by atoms with Crippen LogP contribution in [0.1, 0.15) is 18.5 Å². The molecule has 4 rings (SSSR count). The highest BCUT2D eigenvalue weighted by Crippen LogP contribution is 2.23. The second kappa shape index (κ2) is 7.93. The third-order valence-corrected chi connectivity index (χ3v) is 5.22. The molecule has 1 saturated heterocycles. The van der Waals surface area contributed by atoms with Crippen LogP contribution in [0.25, 0.3) is 11.0 Å². The first kappa shape index (κ1) is 18.4. The van der Waals surface area contributed by atoms with Gasteiger partial charge in [0.15, 0.2) is 5.65 Å². The number of carbonyl (C=O) groups is 1. The highest BCUT2D eigenvalue weighted by atomic mass is 16.2. The number of benzene rings is 1. The van der Waals surface area contributed by atoms with Crippen LogP contribution in [0.2, 0.25) is 0 Å². The smallest absolute Gasteiger partial charge is 0.234 e. The van der Waals surface area contributed by atoms with E-state index in [1.807, 2.05) is 50.5 Å². The topological polar surface area (TPSA) is 79.2 Å². The molecule has 1 aromatic carbocycles. The van der Waals surface area contributed by atoms with E-state index in [-0.39, 0.29) is 11.9 Å². The predicted octanol–water partition coefficient (Wildman–Crippen LogP) is 1.36. The van der Waals surface area contributed by atoms with Gasteiger partial charge >= 0.3 is 0 Å². The van der Waals surface area contributed by atoms with E-state index < -0.39 is 0 Å². The van der Waals surface area contributed by atoms with E-state index in [1.54, 1.807) is 11.0 Å². The van der Waals surface area contributed by atoms with Gasteiger partial charge in [0.05, 0.1) is 24.2 Å². The van der Waals surface area contributed by atoms with Crippen molar-refractivity contribution in [1.29, 1.82) is 0 Å². The molecule has 28 heavy (non-hydrogen) atoms. The number of nitrogens with one attached hydrogen (secondary N) is 1. The molecule has 1 unspecified atom stereocenters. The number of nitrogens with zero attached hydrogens (tertiary/aromatic N) is 6. The molecule has 1 amide bonds. The van der Waals surface area contributed by atoms with Crippen molar-refractivity contribution in [2.75, 3.05) is 37.6 Å². The summed E-state index contributed by atoms with van der Waals surface area (Å²) in [7, 11) is 1.88. The zero-order valence-electron chi connectivity index (χ0n) is 16.2. The SMILES string of the molecule is CC(NC(=O)CN1CCN(c2ncnc3c2cnn3C)CC1)c1ccccc1. The average Bonchev–Trinajstić information content (AvgIpc) is 3.10. The minimum atomic E-state index is 0.00914. The Morgan fingerprint density at radius 2 is 1.89 bits per heavy atom. The number of hydrogen-bond acceptors (Lipinski definition) is 6. The maximum Gasteiger partial charge on any atom is 0.234 e. The molecule has 0 spiro atoms. The Hall–Kier alpha value is -3.00. The summed E-state index contributed by atoms with van der Waals surface area (Å²) in [5.41, 5.74) is 1.95. The summed E-state index contributed by atoms with van der Waals surface area (Å²) < 4.78 is 1.76. The van der Waals surface area contributed by atoms with Gasteiger partial charge in [0.1, 0.15) is 12.1 Å². The summed E-state index contributed by atoms with van der Waals surface area (Å²) >= 11 is 0. The number of fused-ring (bicyclic) bond motifs is 1. The van der Waals surface area contributed by atoms with Crippen LogP contribution in [-0.2, 0) is 11.8 Å². The molecule has 146 valence electrons. The molecule has 1 N–H and O–H groups in total. The van der Waals surface area contributed by atoms with E-state index in [4.69, 9.17) is 0 Å². The molecular weight excluding hydrogens is 354 g/mol. The average molecular weight is 379 g/mol. The Labute approximate surface area is 164 Å². The highest BCUT2D eigenvalue weighted by Gasteiger charge is 2.22. The zero-order valence-corrected chi connectivity index (χ0v) is 16.2. The first-order valence-electron chi connectivity index (χ1n) is 9.56. The molecule has 1 atom stereocenters. The van der Waals surface area contributed by atoms with Crippen molar-refractivity contribution in [1.82, 2.24) is 30.0 Å². The van der Waals surface area contributed by atoms with Crippen molar-refractivity contribution in [3.8, 4) is 0 Å². The van der Waals surface area contributed by atoms with Crippen LogP contribution in [0.15, 0.2) is 42.9 Å². The van der Waals surface area contributed by atoms with Gasteiger partial charge in [-0.15, -0.1) is 0 Å². The zero-order chi connectivity index (χ0) is 19.5. The van der Waals surface area contributed by atoms with Crippen LogP contribution in [-0.4, -0.2) is 63.3 Å². The third kappa shape index (κ3) is 3.82. The Balaban J connectivity index is 1.32. The molecule has 0 radical (unpaired) electrons. The van der Waals surface area contributed by atoms with E-state index in [0.29, 0.717) is 6.54 Å². The molecule has 0 bridgehead atoms. The minimum absolute atomic E-state index is 0.00914. The molecule has 1 aliphatic heterocycles. The van der Waals surface area contributed by atoms with Gasteiger partial charge in [0.2, 0.25) is 5.91 Å². The minimum Gasteiger partial charge on any atom is -0.353 e. The van der Waals surface area contributed by atoms with Crippen LogP contribution < -0.4 is 10.2 Å². The number of amides is 1. The van der Waals surface area contributed by atoms with Crippen LogP contribution in [0.3, 0.4) is 0 Å². The van der Waals surface area contributed by atoms with Crippen molar-refractivity contribution >= 4 is 22.8 Å². The lowest BCUT2D eigenvalue weighted by Crippen LogP contribution is -2.50. The summed E-state index contributed by atoms with van der Waals surface area (Å²) in [6.07, 6.45) is 3.40. The van der Waals surface area contributed by atoms with E-state index in [1.165, 1.54) is 0 Å². The Bertz CT molecular complexity index is 948. The fraction of sp³-hybridized carbons (Fsp3) is 0.400. The number of aryl methyl sites for hydroxylation is 1. The van der Waals surface area contributed by atoms with Gasteiger partial charge in [-0.05, 0) is 12.5 Å². The first-order valence-corrected chi connectivity index (χ1v) is 9.56. The Morgan fingerprint density at radius 1 is 1.14 bits per heavy atom. The lowest BCUT2D eigenvalue weighted by Gasteiger charge is -2.35. The second-order valence-corrected chi connectivity index (χ2v) is 7.17. The van der Waals surface area contributed by atoms with Gasteiger partial charge in [-0.3, -0.25) is 14.4 Å². The fourth-order valence-electron chi connectivity index (χ4n) is 3.63. The number of piperazine rings is 1. The van der Waals surface area contributed by atoms with Gasteiger partial charge in [-0.25, -0.2) is 9.97 Å². The molecule has 3 heterocycles. The third-order valence-electron chi connectivity index (χ3n) is 5.22. The highest BCUT2D eigenvalue weighted by molar-refractivity contribution is 5.86. The molecule has 1 fully saturated rings. The Kier molecular flexibility index (Phi) is 5.21. The summed E-state index contributed by atoms with van der Waals surface area (Å²) in [6, 6.07) is 10.0. The van der Waals surface area contributed by atoms with Gasteiger partial charge < -0.3 is 10.2 Å². The van der Waals surface area contributed by atoms with Crippen LogP contribution in [0.5, 0.6) is 0 Å². The van der Waals surface area contributed by atoms with Crippen molar-refractivity contribution in [2.24, 2.45) is 7.05 Å². The first-order chi connectivity index (χ1) is 13.6. The summed E-state index contributed by atoms with van der Waals surface area (Å²) in [5, 5.41) is 8.34. The predicted molar refractivity (Wildman–Crippen MR) is 108 cm³/mol. The van der Waals surface area contributed by atoms with Crippen LogP contribution >= 0.6 is 0 Å². The quantitative estimate of drug-likeness (QED) is 0.721. The molecule has 3 aromatic rings. The van der Waals surface area contributed by atoms with E-state index in [9.17, 15) is 4.79 Å². The summed E-state index contributed by atoms with van der Waals surface area (Å²) in [5.74, 6) is 0.974. The fourth-order valence-corrected chi connectivity index (χ4v) is 3.63. The van der Waals surface area contributed by atoms with Crippen molar-refractivity contribution in [2.45, 2.75) is 13.0 Å². The van der Waals surface area contributed by atoms with Gasteiger partial charge in [-0.1, -0.05) is 30.3 Å². The number of hydrogen-bond donors (Lipinski definition) is 1. The number of rotatable bonds is 5. The molecule has 1 aliphatic rings. The maximum atomic E-state index is 12.4. The maximum absolute atomic E-state index is 12.4. The molecule has 0 aliphatic carbocycles. The van der Waals surface area contributed by atoms with Crippen LogP contribution in [0, 0.1) is 0 Å². The molecule has 8 nitrogen and oxygen atoms in total. The van der Waals surface area contributed by atoms with Gasteiger partial charge in [0, 0.05) is 33.2 Å². The van der Waals surface area contributed by atoms with Gasteiger partial charge in [-0.2, -0.15) is 5.10 Å². The molecule has 2 aromatic heterocycles. The van der Waals surface area contributed by atoms with Crippen molar-refractivity contribution < 1.29 is 4.79 Å². The van der Waals surface area contributed by atoms with E-state index in [2.05, 4.69) is 30.2 Å². The molecule has 8 heteroatoms. The summed E-state index contributed by atoms with van der Waals surface area (Å²) in [4.78, 5) is 25.6. The standard InChI is InChI=1S/C20H25N7O/c1-15(16-6-4-3-5-7-16)24-18(28)13-26-8-10-27(11-9-26)20-17-12-23-25(2)19(17)21-14-22-20/h3-7,12,14-15H,8-11,13H2,1-2H3,(H,24,28). The number of aromatic nitrogens is 4. The van der Waals surface area contributed by atoms with E-state index in [0.717, 1.165) is 48.6 Å². The van der Waals surface area contributed by atoms with Crippen molar-refractivity contribution in [3.63, 3.8) is 0 Å². The lowest BCUT2D eigenvalue weighted by atomic mass is 10.1. The molecular formula is C20H25N7O. The molecule has 0 saturated carbocycles. The number of anilines is 1. The lowest BCUT2D eigenvalue weighted by molar-refractivity contribution is -0.123. The van der Waals surface area contributed by atoms with Crippen molar-refractivity contribution in [3.05, 3.63) is 48.4 Å². The Morgan fingerprint density at radius 3 is 2.64 bits per heavy atom. The largest absolute Gasteiger partial charge is 0.353 e.